The van der Waals surface area contributed by atoms with Gasteiger partial charge in [-0.3, -0.25) is 14.2 Å². The number of anilines is 1. The molecule has 1 aliphatic heterocycles. The minimum absolute atomic E-state index is 0.116. The predicted molar refractivity (Wildman–Crippen MR) is 110 cm³/mol. The van der Waals surface area contributed by atoms with E-state index in [9.17, 15) is 9.59 Å². The number of para-hydroxylation sites is 1. The van der Waals surface area contributed by atoms with Gasteiger partial charge in [-0.05, 0) is 37.1 Å². The molecule has 7 nitrogen and oxygen atoms in total. The fraction of sp³-hybridized carbons (Fsp3) is 0.350. The van der Waals surface area contributed by atoms with Gasteiger partial charge in [-0.1, -0.05) is 36.9 Å². The van der Waals surface area contributed by atoms with E-state index in [0.717, 1.165) is 29.8 Å². The lowest BCUT2D eigenvalue weighted by molar-refractivity contribution is -0.121. The van der Waals surface area contributed by atoms with Crippen LogP contribution < -0.4 is 10.5 Å². The lowest BCUT2D eigenvalue weighted by atomic mass is 10.0. The van der Waals surface area contributed by atoms with E-state index < -0.39 is 6.04 Å². The highest BCUT2D eigenvalue weighted by Gasteiger charge is 2.28. The van der Waals surface area contributed by atoms with Gasteiger partial charge >= 0.3 is 0 Å². The minimum atomic E-state index is -0.666. The van der Waals surface area contributed by atoms with Crippen molar-refractivity contribution < 1.29 is 4.79 Å². The number of aromatic nitrogens is 4. The number of nitrogens with zero attached hydrogens (tertiary/aromatic N) is 5. The van der Waals surface area contributed by atoms with Crippen molar-refractivity contribution in [2.24, 2.45) is 0 Å². The van der Waals surface area contributed by atoms with Crippen LogP contribution in [0.2, 0.25) is 0 Å². The fourth-order valence-corrected chi connectivity index (χ4v) is 4.03. The van der Waals surface area contributed by atoms with Crippen LogP contribution in [0, 0.1) is 0 Å². The summed E-state index contributed by atoms with van der Waals surface area (Å²) in [7, 11) is 0. The van der Waals surface area contributed by atoms with E-state index in [4.69, 9.17) is 0 Å². The van der Waals surface area contributed by atoms with E-state index in [1.807, 2.05) is 31.2 Å². The van der Waals surface area contributed by atoms with Crippen molar-refractivity contribution in [3.63, 3.8) is 0 Å². The molecular formula is C20H21N5O2S. The number of thioether (sulfide) groups is 1. The number of carbonyl (C=O) groups is 1. The topological polar surface area (TPSA) is 81.0 Å². The number of hydrogen-bond donors (Lipinski definition) is 0. The number of hydrogen-bond acceptors (Lipinski definition) is 6. The van der Waals surface area contributed by atoms with Gasteiger partial charge in [0.15, 0.2) is 10.8 Å². The van der Waals surface area contributed by atoms with E-state index in [1.54, 1.807) is 11.8 Å². The molecule has 144 valence electrons. The first kappa shape index (κ1) is 18.6. The highest BCUT2D eigenvalue weighted by atomic mass is 32.2. The van der Waals surface area contributed by atoms with Crippen molar-refractivity contribution in [2.45, 2.75) is 37.9 Å². The highest BCUT2D eigenvalue weighted by Crippen LogP contribution is 2.28. The molecule has 0 fully saturated rings. The van der Waals surface area contributed by atoms with Gasteiger partial charge in [0.05, 0.1) is 0 Å². The molecule has 0 aliphatic carbocycles. The highest BCUT2D eigenvalue weighted by molar-refractivity contribution is 7.99. The van der Waals surface area contributed by atoms with Crippen LogP contribution in [0.5, 0.6) is 0 Å². The molecule has 1 aliphatic rings. The first-order valence-corrected chi connectivity index (χ1v) is 10.3. The van der Waals surface area contributed by atoms with E-state index >= 15 is 0 Å². The molecular weight excluding hydrogens is 374 g/mol. The largest absolute Gasteiger partial charge is 0.310 e. The Bertz CT molecular complexity index is 1100. The van der Waals surface area contributed by atoms with Crippen LogP contribution >= 0.6 is 11.8 Å². The van der Waals surface area contributed by atoms with Gasteiger partial charge in [0.1, 0.15) is 17.8 Å². The Morgan fingerprint density at radius 1 is 1.29 bits per heavy atom. The molecule has 0 saturated heterocycles. The molecule has 0 radical (unpaired) electrons. The smallest absolute Gasteiger partial charge is 0.265 e. The number of amides is 1. The van der Waals surface area contributed by atoms with Crippen molar-refractivity contribution >= 4 is 34.4 Å². The molecule has 0 spiro atoms. The van der Waals surface area contributed by atoms with Crippen LogP contribution in [0.15, 0.2) is 46.7 Å². The molecule has 0 saturated carbocycles. The molecule has 1 aromatic carbocycles. The third kappa shape index (κ3) is 3.28. The second kappa shape index (κ2) is 7.71. The number of fused-ring (bicyclic) bond motifs is 2. The van der Waals surface area contributed by atoms with Crippen LogP contribution in [0.1, 0.15) is 31.9 Å². The summed E-state index contributed by atoms with van der Waals surface area (Å²) in [4.78, 5) is 40.8. The Balaban J connectivity index is 1.68. The van der Waals surface area contributed by atoms with Crippen LogP contribution in [-0.2, 0) is 11.2 Å². The van der Waals surface area contributed by atoms with E-state index in [0.29, 0.717) is 22.7 Å². The zero-order valence-electron chi connectivity index (χ0n) is 15.8. The average molecular weight is 395 g/mol. The maximum absolute atomic E-state index is 13.2. The van der Waals surface area contributed by atoms with E-state index in [2.05, 4.69) is 15.0 Å². The number of carbonyl (C=O) groups excluding carboxylic acids is 1. The summed E-state index contributed by atoms with van der Waals surface area (Å²) in [6.45, 7) is 4.39. The van der Waals surface area contributed by atoms with Gasteiger partial charge in [-0.25, -0.2) is 15.0 Å². The normalized spacial score (nSPS) is 14.7. The van der Waals surface area contributed by atoms with Crippen molar-refractivity contribution in [3.8, 4) is 0 Å². The Morgan fingerprint density at radius 3 is 2.93 bits per heavy atom. The van der Waals surface area contributed by atoms with E-state index in [1.165, 1.54) is 28.9 Å². The molecule has 3 heterocycles. The molecule has 0 bridgehead atoms. The monoisotopic (exact) mass is 395 g/mol. The Hall–Kier alpha value is -2.74. The van der Waals surface area contributed by atoms with Gasteiger partial charge < -0.3 is 4.90 Å². The van der Waals surface area contributed by atoms with Crippen LogP contribution in [-0.4, -0.2) is 37.7 Å². The minimum Gasteiger partial charge on any atom is -0.310 e. The molecule has 0 N–H and O–H groups in total. The summed E-state index contributed by atoms with van der Waals surface area (Å²) in [5.41, 5.74) is 2.14. The first-order chi connectivity index (χ1) is 13.6. The zero-order valence-corrected chi connectivity index (χ0v) is 16.6. The molecule has 1 atom stereocenters. The SMILES string of the molecule is CCSc1ncc2c(=O)n([C@@H](C)C(=O)N3CCCc4ccccc43)cnc2n1. The van der Waals surface area contributed by atoms with Gasteiger partial charge in [0.2, 0.25) is 5.91 Å². The molecule has 0 unspecified atom stereocenters. The van der Waals surface area contributed by atoms with Crippen molar-refractivity contribution in [1.29, 1.82) is 0 Å². The molecule has 4 rings (SSSR count). The van der Waals surface area contributed by atoms with Crippen LogP contribution in [0.25, 0.3) is 11.0 Å². The number of benzene rings is 1. The van der Waals surface area contributed by atoms with Crippen molar-refractivity contribution in [1.82, 2.24) is 19.5 Å². The average Bonchev–Trinajstić information content (AvgIpc) is 2.73. The van der Waals surface area contributed by atoms with Crippen molar-refractivity contribution in [2.75, 3.05) is 17.2 Å². The fourth-order valence-electron chi connectivity index (χ4n) is 3.50. The Kier molecular flexibility index (Phi) is 5.13. The first-order valence-electron chi connectivity index (χ1n) is 9.36. The second-order valence-corrected chi connectivity index (χ2v) is 7.91. The quantitative estimate of drug-likeness (QED) is 0.499. The van der Waals surface area contributed by atoms with Gasteiger partial charge in [0, 0.05) is 18.4 Å². The Labute approximate surface area is 166 Å². The lowest BCUT2D eigenvalue weighted by Gasteiger charge is -2.31. The second-order valence-electron chi connectivity index (χ2n) is 6.68. The van der Waals surface area contributed by atoms with E-state index in [-0.39, 0.29) is 11.5 Å². The maximum atomic E-state index is 13.2. The third-order valence-electron chi connectivity index (χ3n) is 4.94. The number of rotatable bonds is 4. The Morgan fingerprint density at radius 2 is 2.11 bits per heavy atom. The summed E-state index contributed by atoms with van der Waals surface area (Å²) < 4.78 is 1.37. The van der Waals surface area contributed by atoms with Gasteiger partial charge in [0.25, 0.3) is 5.56 Å². The summed E-state index contributed by atoms with van der Waals surface area (Å²) in [5.74, 6) is 0.722. The summed E-state index contributed by atoms with van der Waals surface area (Å²) in [6.07, 6.45) is 4.78. The molecule has 2 aromatic heterocycles. The van der Waals surface area contributed by atoms with Crippen LogP contribution in [0.4, 0.5) is 5.69 Å². The van der Waals surface area contributed by atoms with Gasteiger partial charge in [-0.15, -0.1) is 0 Å². The molecule has 1 amide bonds. The summed E-state index contributed by atoms with van der Waals surface area (Å²) in [6, 6.07) is 7.26. The maximum Gasteiger partial charge on any atom is 0.265 e. The summed E-state index contributed by atoms with van der Waals surface area (Å²) in [5, 5.41) is 0.912. The van der Waals surface area contributed by atoms with Gasteiger partial charge in [-0.2, -0.15) is 0 Å². The standard InChI is InChI=1S/C20H21N5O2S/c1-3-28-20-21-11-15-17(23-20)22-12-25(19(15)27)13(2)18(26)24-10-6-8-14-7-4-5-9-16(14)24/h4-5,7,9,11-13H,3,6,8,10H2,1-2H3/t13-/m0/s1. The lowest BCUT2D eigenvalue weighted by Crippen LogP contribution is -2.42. The molecule has 28 heavy (non-hydrogen) atoms. The summed E-state index contributed by atoms with van der Waals surface area (Å²) >= 11 is 1.49. The predicted octanol–water partition coefficient (Wildman–Crippen LogP) is 2.84. The van der Waals surface area contributed by atoms with Crippen LogP contribution in [0.3, 0.4) is 0 Å². The molecule has 3 aromatic rings. The zero-order chi connectivity index (χ0) is 19.7. The number of aryl methyl sites for hydroxylation is 1. The third-order valence-corrected chi connectivity index (χ3v) is 5.68. The molecule has 8 heteroatoms. The van der Waals surface area contributed by atoms with Crippen molar-refractivity contribution in [3.05, 3.63) is 52.7 Å².